The number of hydrogen-bond acceptors (Lipinski definition) is 5. The first-order chi connectivity index (χ1) is 13.2. The van der Waals surface area contributed by atoms with Gasteiger partial charge < -0.3 is 15.1 Å². The van der Waals surface area contributed by atoms with Crippen LogP contribution in [0, 0.1) is 0 Å². The van der Waals surface area contributed by atoms with Crippen molar-refractivity contribution >= 4 is 33.4 Å². The SMILES string of the molecule is CCCCN(c1ccc2cccc(O)c2n1)c1ccc2cccc(O)c2n1.[Co]. The van der Waals surface area contributed by atoms with Crippen molar-refractivity contribution in [1.82, 2.24) is 9.97 Å². The molecule has 2 heterocycles. The number of aromatic hydroxyl groups is 2. The number of para-hydroxylation sites is 2. The summed E-state index contributed by atoms with van der Waals surface area (Å²) in [4.78, 5) is 11.4. The number of phenols is 2. The molecule has 0 atom stereocenters. The van der Waals surface area contributed by atoms with Gasteiger partial charge in [-0.25, -0.2) is 9.97 Å². The molecule has 2 aromatic heterocycles. The Morgan fingerprint density at radius 3 is 1.71 bits per heavy atom. The van der Waals surface area contributed by atoms with Crippen molar-refractivity contribution in [3.63, 3.8) is 0 Å². The van der Waals surface area contributed by atoms with Crippen molar-refractivity contribution in [3.8, 4) is 11.5 Å². The van der Waals surface area contributed by atoms with Crippen LogP contribution in [0.25, 0.3) is 21.8 Å². The molecule has 0 fully saturated rings. The van der Waals surface area contributed by atoms with Gasteiger partial charge in [0.2, 0.25) is 0 Å². The van der Waals surface area contributed by atoms with Crippen molar-refractivity contribution in [3.05, 3.63) is 60.7 Å². The Morgan fingerprint density at radius 2 is 1.25 bits per heavy atom. The second kappa shape index (κ2) is 8.45. The van der Waals surface area contributed by atoms with Crippen molar-refractivity contribution in [1.29, 1.82) is 0 Å². The van der Waals surface area contributed by atoms with E-state index >= 15 is 0 Å². The van der Waals surface area contributed by atoms with Gasteiger partial charge in [0, 0.05) is 34.1 Å². The quantitative estimate of drug-likeness (QED) is 0.470. The van der Waals surface area contributed by atoms with E-state index in [0.717, 1.165) is 41.8 Å². The Balaban J connectivity index is 0.00000225. The standard InChI is InChI=1S/C22H21N3O2.Co/c1-2-3-14-25(19-12-10-15-6-4-8-17(26)21(15)23-19)20-13-11-16-7-5-9-18(27)22(16)24-20;/h4-13,26-27H,2-3,14H2,1H3;. The molecule has 4 rings (SSSR count). The first kappa shape index (κ1) is 19.9. The second-order valence-corrected chi connectivity index (χ2v) is 6.54. The first-order valence-corrected chi connectivity index (χ1v) is 9.12. The Labute approximate surface area is 173 Å². The van der Waals surface area contributed by atoms with Crippen molar-refractivity contribution < 1.29 is 27.0 Å². The van der Waals surface area contributed by atoms with Gasteiger partial charge in [0.05, 0.1) is 0 Å². The largest absolute Gasteiger partial charge is 0.506 e. The Kier molecular flexibility index (Phi) is 6.01. The molecule has 0 aliphatic heterocycles. The summed E-state index contributed by atoms with van der Waals surface area (Å²) in [5.74, 6) is 1.77. The number of pyridine rings is 2. The first-order valence-electron chi connectivity index (χ1n) is 9.12. The van der Waals surface area contributed by atoms with Crippen LogP contribution in [0.1, 0.15) is 19.8 Å². The molecule has 0 saturated carbocycles. The third-order valence-corrected chi connectivity index (χ3v) is 4.66. The van der Waals surface area contributed by atoms with E-state index in [9.17, 15) is 10.2 Å². The fourth-order valence-electron chi connectivity index (χ4n) is 3.21. The number of phenolic OH excluding ortho intramolecular Hbond substituents is 2. The molecule has 1 radical (unpaired) electrons. The molecule has 0 bridgehead atoms. The molecular formula is C22H21CoN3O2. The minimum absolute atomic E-state index is 0. The van der Waals surface area contributed by atoms with Crippen LogP contribution in [-0.4, -0.2) is 26.7 Å². The van der Waals surface area contributed by atoms with Gasteiger partial charge in [-0.3, -0.25) is 0 Å². The zero-order valence-electron chi connectivity index (χ0n) is 15.5. The minimum Gasteiger partial charge on any atom is -0.506 e. The molecule has 4 aromatic rings. The maximum absolute atomic E-state index is 10.2. The number of aromatic nitrogens is 2. The average molecular weight is 418 g/mol. The summed E-state index contributed by atoms with van der Waals surface area (Å²) in [7, 11) is 0. The Morgan fingerprint density at radius 1 is 0.750 bits per heavy atom. The third-order valence-electron chi connectivity index (χ3n) is 4.66. The summed E-state index contributed by atoms with van der Waals surface area (Å²) in [5.41, 5.74) is 1.14. The molecule has 2 N–H and O–H groups in total. The van der Waals surface area contributed by atoms with Gasteiger partial charge in [-0.1, -0.05) is 37.6 Å². The van der Waals surface area contributed by atoms with Gasteiger partial charge in [-0.05, 0) is 42.8 Å². The van der Waals surface area contributed by atoms with Gasteiger partial charge in [0.25, 0.3) is 0 Å². The van der Waals surface area contributed by atoms with E-state index in [0.29, 0.717) is 11.0 Å². The molecule has 0 amide bonds. The molecule has 0 aliphatic rings. The fourth-order valence-corrected chi connectivity index (χ4v) is 3.21. The van der Waals surface area contributed by atoms with Crippen LogP contribution in [0.2, 0.25) is 0 Å². The summed E-state index contributed by atoms with van der Waals surface area (Å²) in [6.45, 7) is 2.88. The molecule has 0 saturated heterocycles. The topological polar surface area (TPSA) is 69.5 Å². The number of anilines is 2. The summed E-state index contributed by atoms with van der Waals surface area (Å²) < 4.78 is 0. The Hall–Kier alpha value is -2.83. The fraction of sp³-hybridized carbons (Fsp3) is 0.182. The number of nitrogens with zero attached hydrogens (tertiary/aromatic N) is 3. The van der Waals surface area contributed by atoms with Crippen molar-refractivity contribution in [2.24, 2.45) is 0 Å². The molecule has 0 spiro atoms. The van der Waals surface area contributed by atoms with Crippen LogP contribution < -0.4 is 4.90 Å². The van der Waals surface area contributed by atoms with E-state index in [-0.39, 0.29) is 28.3 Å². The van der Waals surface area contributed by atoms with E-state index in [4.69, 9.17) is 0 Å². The minimum atomic E-state index is 0. The van der Waals surface area contributed by atoms with Crippen molar-refractivity contribution in [2.45, 2.75) is 19.8 Å². The number of fused-ring (bicyclic) bond motifs is 2. The van der Waals surface area contributed by atoms with Crippen LogP contribution in [-0.2, 0) is 16.8 Å². The molecular weight excluding hydrogens is 397 g/mol. The molecule has 6 heteroatoms. The van der Waals surface area contributed by atoms with E-state index in [1.807, 2.05) is 53.4 Å². The molecule has 145 valence electrons. The van der Waals surface area contributed by atoms with Gasteiger partial charge in [-0.2, -0.15) is 0 Å². The third kappa shape index (κ3) is 3.74. The predicted octanol–water partition coefficient (Wildman–Crippen LogP) is 5.13. The molecule has 0 aliphatic carbocycles. The normalized spacial score (nSPS) is 10.8. The summed E-state index contributed by atoms with van der Waals surface area (Å²) in [5, 5.41) is 22.1. The van der Waals surface area contributed by atoms with Gasteiger partial charge in [0.1, 0.15) is 34.2 Å². The number of unbranched alkanes of at least 4 members (excludes halogenated alkanes) is 1. The van der Waals surface area contributed by atoms with Crippen molar-refractivity contribution in [2.75, 3.05) is 11.4 Å². The van der Waals surface area contributed by atoms with E-state index in [2.05, 4.69) is 16.9 Å². The number of benzene rings is 2. The molecule has 28 heavy (non-hydrogen) atoms. The molecule has 0 unspecified atom stereocenters. The number of hydrogen-bond donors (Lipinski definition) is 2. The zero-order chi connectivity index (χ0) is 18.8. The van der Waals surface area contributed by atoms with Crippen LogP contribution in [0.5, 0.6) is 11.5 Å². The molecule has 2 aromatic carbocycles. The second-order valence-electron chi connectivity index (χ2n) is 6.54. The molecule has 5 nitrogen and oxygen atoms in total. The summed E-state index contributed by atoms with van der Waals surface area (Å²) in [6, 6.07) is 18.5. The maximum atomic E-state index is 10.2. The van der Waals surface area contributed by atoms with Crippen LogP contribution in [0.4, 0.5) is 11.6 Å². The zero-order valence-corrected chi connectivity index (χ0v) is 16.5. The number of rotatable bonds is 5. The maximum Gasteiger partial charge on any atom is 0.141 e. The Bertz CT molecular complexity index is 1030. The van der Waals surface area contributed by atoms with Gasteiger partial charge >= 0.3 is 0 Å². The van der Waals surface area contributed by atoms with E-state index in [1.165, 1.54) is 0 Å². The van der Waals surface area contributed by atoms with E-state index < -0.39 is 0 Å². The summed E-state index contributed by atoms with van der Waals surface area (Å²) >= 11 is 0. The van der Waals surface area contributed by atoms with Crippen LogP contribution >= 0.6 is 0 Å². The van der Waals surface area contributed by atoms with Gasteiger partial charge in [-0.15, -0.1) is 0 Å². The van der Waals surface area contributed by atoms with E-state index in [1.54, 1.807) is 12.1 Å². The predicted molar refractivity (Wildman–Crippen MR) is 109 cm³/mol. The van der Waals surface area contributed by atoms with Gasteiger partial charge in [0.15, 0.2) is 0 Å². The van der Waals surface area contributed by atoms with Crippen LogP contribution in [0.3, 0.4) is 0 Å². The summed E-state index contributed by atoms with van der Waals surface area (Å²) in [6.07, 6.45) is 2.01. The monoisotopic (exact) mass is 418 g/mol. The average Bonchev–Trinajstić information content (AvgIpc) is 2.69. The van der Waals surface area contributed by atoms with Crippen LogP contribution in [0.15, 0.2) is 60.7 Å². The smallest absolute Gasteiger partial charge is 0.141 e.